The molecule has 0 fully saturated rings. The zero-order chi connectivity index (χ0) is 14.8. The molecular weight excluding hydrogens is 338 g/mol. The van der Waals surface area contributed by atoms with Crippen molar-refractivity contribution in [3.63, 3.8) is 0 Å². The Morgan fingerprint density at radius 3 is 2.85 bits per heavy atom. The fraction of sp³-hybridized carbons (Fsp3) is 0.429. The van der Waals surface area contributed by atoms with Crippen LogP contribution in [0.2, 0.25) is 0 Å². The van der Waals surface area contributed by atoms with Crippen LogP contribution in [0, 0.1) is 0 Å². The number of benzene rings is 1. The number of hydrazone groups is 1. The molecule has 0 spiro atoms. The summed E-state index contributed by atoms with van der Waals surface area (Å²) >= 11 is 8.65. The highest BCUT2D eigenvalue weighted by molar-refractivity contribution is 9.10. The van der Waals surface area contributed by atoms with Gasteiger partial charge in [-0.1, -0.05) is 34.1 Å². The molecule has 0 aliphatic rings. The van der Waals surface area contributed by atoms with Gasteiger partial charge in [0.25, 0.3) is 0 Å². The number of nitrogens with zero attached hydrogens (tertiary/aromatic N) is 1. The summed E-state index contributed by atoms with van der Waals surface area (Å²) in [7, 11) is 0. The number of ether oxygens (including phenoxy) is 1. The average Bonchev–Trinajstić information content (AvgIpc) is 2.45. The summed E-state index contributed by atoms with van der Waals surface area (Å²) < 4.78 is 6.26. The van der Waals surface area contributed by atoms with Crippen LogP contribution in [-0.2, 0) is 4.74 Å². The quantitative estimate of drug-likeness (QED) is 0.340. The Balaban J connectivity index is 2.36. The lowest BCUT2D eigenvalue weighted by Crippen LogP contribution is -2.33. The third-order valence-corrected chi connectivity index (χ3v) is 3.47. The van der Waals surface area contributed by atoms with Crippen molar-refractivity contribution < 1.29 is 4.74 Å². The molecule has 0 radical (unpaired) electrons. The van der Waals surface area contributed by atoms with E-state index in [1.807, 2.05) is 38.1 Å². The number of rotatable bonds is 7. The van der Waals surface area contributed by atoms with Gasteiger partial charge in [-0.2, -0.15) is 5.10 Å². The maximum absolute atomic E-state index is 5.25. The first-order valence-corrected chi connectivity index (χ1v) is 7.76. The van der Waals surface area contributed by atoms with Crippen molar-refractivity contribution in [2.75, 3.05) is 19.8 Å². The summed E-state index contributed by atoms with van der Waals surface area (Å²) in [5.41, 5.74) is 4.76. The molecule has 0 saturated carbocycles. The van der Waals surface area contributed by atoms with Crippen LogP contribution in [0.4, 0.5) is 0 Å². The molecule has 1 aromatic rings. The minimum absolute atomic E-state index is 0.521. The standard InChI is InChI=1S/C14H20BrN3OS/c1-3-19-10-6-9-16-14(20)18-17-11(2)12-7-4-5-8-13(12)15/h4-5,7-8H,3,6,9-10H2,1-2H3,(H2,16,18,20)/b17-11-. The number of halogens is 1. The van der Waals surface area contributed by atoms with Gasteiger partial charge in [0.1, 0.15) is 0 Å². The number of hydrogen-bond donors (Lipinski definition) is 2. The van der Waals surface area contributed by atoms with E-state index in [1.54, 1.807) is 0 Å². The fourth-order valence-corrected chi connectivity index (χ4v) is 2.23. The van der Waals surface area contributed by atoms with E-state index in [-0.39, 0.29) is 0 Å². The van der Waals surface area contributed by atoms with E-state index in [0.717, 1.165) is 41.9 Å². The van der Waals surface area contributed by atoms with Crippen LogP contribution in [0.5, 0.6) is 0 Å². The number of nitrogens with one attached hydrogen (secondary N) is 2. The number of thiocarbonyl (C=S) groups is 1. The minimum Gasteiger partial charge on any atom is -0.382 e. The molecule has 0 amide bonds. The largest absolute Gasteiger partial charge is 0.382 e. The first-order chi connectivity index (χ1) is 9.65. The molecule has 20 heavy (non-hydrogen) atoms. The molecule has 2 N–H and O–H groups in total. The highest BCUT2D eigenvalue weighted by Gasteiger charge is 2.02. The highest BCUT2D eigenvalue weighted by Crippen LogP contribution is 2.16. The van der Waals surface area contributed by atoms with Crippen LogP contribution in [-0.4, -0.2) is 30.6 Å². The van der Waals surface area contributed by atoms with E-state index < -0.39 is 0 Å². The Kier molecular flexibility index (Phi) is 8.41. The van der Waals surface area contributed by atoms with Crippen molar-refractivity contribution in [3.05, 3.63) is 34.3 Å². The van der Waals surface area contributed by atoms with E-state index in [2.05, 4.69) is 31.8 Å². The fourth-order valence-electron chi connectivity index (χ4n) is 1.51. The zero-order valence-electron chi connectivity index (χ0n) is 11.8. The Labute approximate surface area is 134 Å². The molecule has 1 aromatic carbocycles. The molecule has 6 heteroatoms. The summed E-state index contributed by atoms with van der Waals surface area (Å²) in [4.78, 5) is 0. The third-order valence-electron chi connectivity index (χ3n) is 2.54. The summed E-state index contributed by atoms with van der Waals surface area (Å²) in [5, 5.41) is 7.88. The van der Waals surface area contributed by atoms with E-state index in [9.17, 15) is 0 Å². The molecule has 0 bridgehead atoms. The molecule has 110 valence electrons. The maximum Gasteiger partial charge on any atom is 0.186 e. The second kappa shape index (κ2) is 9.85. The maximum atomic E-state index is 5.25. The van der Waals surface area contributed by atoms with Gasteiger partial charge in [-0.25, -0.2) is 0 Å². The second-order valence-corrected chi connectivity index (χ2v) is 5.36. The van der Waals surface area contributed by atoms with Gasteiger partial charge in [-0.15, -0.1) is 0 Å². The van der Waals surface area contributed by atoms with Gasteiger partial charge in [0, 0.05) is 29.8 Å². The normalized spacial score (nSPS) is 11.2. The van der Waals surface area contributed by atoms with Crippen molar-refractivity contribution in [2.24, 2.45) is 5.10 Å². The lowest BCUT2D eigenvalue weighted by molar-refractivity contribution is 0.145. The van der Waals surface area contributed by atoms with E-state index in [0.29, 0.717) is 5.11 Å². The molecule has 1 rings (SSSR count). The number of hydrogen-bond acceptors (Lipinski definition) is 3. The van der Waals surface area contributed by atoms with Crippen molar-refractivity contribution in [1.82, 2.24) is 10.7 Å². The Hall–Kier alpha value is -0.980. The third kappa shape index (κ3) is 6.45. The van der Waals surface area contributed by atoms with Crippen molar-refractivity contribution in [2.45, 2.75) is 20.3 Å². The Morgan fingerprint density at radius 1 is 1.40 bits per heavy atom. The van der Waals surface area contributed by atoms with Gasteiger partial charge in [-0.3, -0.25) is 5.43 Å². The first kappa shape index (κ1) is 17.1. The molecule has 0 aromatic heterocycles. The van der Waals surface area contributed by atoms with Gasteiger partial charge in [0.05, 0.1) is 5.71 Å². The predicted octanol–water partition coefficient (Wildman–Crippen LogP) is 3.06. The molecule has 0 aliphatic carbocycles. The van der Waals surface area contributed by atoms with Crippen LogP contribution in [0.1, 0.15) is 25.8 Å². The van der Waals surface area contributed by atoms with Gasteiger partial charge < -0.3 is 10.1 Å². The summed E-state index contributed by atoms with van der Waals surface area (Å²) in [6.07, 6.45) is 0.919. The van der Waals surface area contributed by atoms with Crippen LogP contribution in [0.3, 0.4) is 0 Å². The predicted molar refractivity (Wildman–Crippen MR) is 91.2 cm³/mol. The second-order valence-electron chi connectivity index (χ2n) is 4.10. The lowest BCUT2D eigenvalue weighted by Gasteiger charge is -2.08. The van der Waals surface area contributed by atoms with Crippen LogP contribution in [0.25, 0.3) is 0 Å². The van der Waals surface area contributed by atoms with Gasteiger partial charge in [0.15, 0.2) is 5.11 Å². The molecular formula is C14H20BrN3OS. The van der Waals surface area contributed by atoms with Crippen LogP contribution in [0.15, 0.2) is 33.8 Å². The smallest absolute Gasteiger partial charge is 0.186 e. The topological polar surface area (TPSA) is 45.6 Å². The van der Waals surface area contributed by atoms with E-state index in [1.165, 1.54) is 0 Å². The highest BCUT2D eigenvalue weighted by atomic mass is 79.9. The van der Waals surface area contributed by atoms with Gasteiger partial charge in [-0.05, 0) is 38.6 Å². The molecule has 4 nitrogen and oxygen atoms in total. The SMILES string of the molecule is CCOCCCNC(=S)N/N=C(/C)c1ccccc1Br. The molecule has 0 heterocycles. The van der Waals surface area contributed by atoms with E-state index in [4.69, 9.17) is 17.0 Å². The summed E-state index contributed by atoms with van der Waals surface area (Å²) in [5.74, 6) is 0. The van der Waals surface area contributed by atoms with Gasteiger partial charge in [0.2, 0.25) is 0 Å². The first-order valence-electron chi connectivity index (χ1n) is 6.56. The lowest BCUT2D eigenvalue weighted by atomic mass is 10.1. The average molecular weight is 358 g/mol. The zero-order valence-corrected chi connectivity index (χ0v) is 14.2. The summed E-state index contributed by atoms with van der Waals surface area (Å²) in [6.45, 7) is 6.18. The Bertz CT molecular complexity index is 465. The van der Waals surface area contributed by atoms with Crippen LogP contribution < -0.4 is 10.7 Å². The molecule has 0 atom stereocenters. The summed E-state index contributed by atoms with van der Waals surface area (Å²) in [6, 6.07) is 7.93. The molecule has 0 aliphatic heterocycles. The Morgan fingerprint density at radius 2 is 2.15 bits per heavy atom. The monoisotopic (exact) mass is 357 g/mol. The van der Waals surface area contributed by atoms with Crippen molar-refractivity contribution in [3.8, 4) is 0 Å². The van der Waals surface area contributed by atoms with Crippen LogP contribution >= 0.6 is 28.1 Å². The van der Waals surface area contributed by atoms with E-state index >= 15 is 0 Å². The molecule has 0 unspecified atom stereocenters. The van der Waals surface area contributed by atoms with Crippen molar-refractivity contribution >= 4 is 39.0 Å². The van der Waals surface area contributed by atoms with Gasteiger partial charge >= 0.3 is 0 Å². The minimum atomic E-state index is 0.521. The van der Waals surface area contributed by atoms with Crippen molar-refractivity contribution in [1.29, 1.82) is 0 Å². The molecule has 0 saturated heterocycles.